The minimum Gasteiger partial charge on any atom is -0.482 e. The SMILES string of the molecule is O=C(Nc1ccc(OCCN2CCOCC2)nc1)c1ccc(OCc2ccccc2)c([N+](=O)[O-])c1. The molecule has 0 atom stereocenters. The maximum absolute atomic E-state index is 12.7. The number of morpholine rings is 1. The van der Waals surface area contributed by atoms with Crippen molar-refractivity contribution in [3.8, 4) is 11.6 Å². The molecule has 1 amide bonds. The summed E-state index contributed by atoms with van der Waals surface area (Å²) in [5, 5.41) is 14.2. The van der Waals surface area contributed by atoms with Gasteiger partial charge in [-0.15, -0.1) is 0 Å². The van der Waals surface area contributed by atoms with Crippen molar-refractivity contribution in [2.24, 2.45) is 0 Å². The maximum Gasteiger partial charge on any atom is 0.311 e. The topological polar surface area (TPSA) is 116 Å². The number of nitrogens with zero attached hydrogens (tertiary/aromatic N) is 3. The van der Waals surface area contributed by atoms with Crippen LogP contribution in [0.2, 0.25) is 0 Å². The highest BCUT2D eigenvalue weighted by Crippen LogP contribution is 2.29. The summed E-state index contributed by atoms with van der Waals surface area (Å²) < 4.78 is 16.6. The van der Waals surface area contributed by atoms with Crippen molar-refractivity contribution >= 4 is 17.3 Å². The van der Waals surface area contributed by atoms with Crippen molar-refractivity contribution in [3.05, 3.63) is 88.1 Å². The number of hydrogen-bond acceptors (Lipinski definition) is 8. The molecule has 0 bridgehead atoms. The van der Waals surface area contributed by atoms with Crippen molar-refractivity contribution in [3.63, 3.8) is 0 Å². The van der Waals surface area contributed by atoms with E-state index >= 15 is 0 Å². The van der Waals surface area contributed by atoms with Gasteiger partial charge in [-0.3, -0.25) is 19.8 Å². The van der Waals surface area contributed by atoms with Crippen molar-refractivity contribution < 1.29 is 23.9 Å². The van der Waals surface area contributed by atoms with Gasteiger partial charge in [0.25, 0.3) is 5.91 Å². The largest absolute Gasteiger partial charge is 0.482 e. The van der Waals surface area contributed by atoms with E-state index in [1.54, 1.807) is 12.1 Å². The monoisotopic (exact) mass is 478 g/mol. The molecular formula is C25H26N4O6. The second-order valence-corrected chi connectivity index (χ2v) is 7.86. The number of nitro benzene ring substituents is 1. The van der Waals surface area contributed by atoms with E-state index in [0.29, 0.717) is 18.2 Å². The summed E-state index contributed by atoms with van der Waals surface area (Å²) in [7, 11) is 0. The van der Waals surface area contributed by atoms with Gasteiger partial charge in [-0.2, -0.15) is 0 Å². The number of carbonyl (C=O) groups excluding carboxylic acids is 1. The predicted octanol–water partition coefficient (Wildman–Crippen LogP) is 3.53. The zero-order valence-corrected chi connectivity index (χ0v) is 19.1. The van der Waals surface area contributed by atoms with Gasteiger partial charge in [0.05, 0.1) is 30.0 Å². The number of amides is 1. The lowest BCUT2D eigenvalue weighted by molar-refractivity contribution is -0.386. The fourth-order valence-electron chi connectivity index (χ4n) is 3.51. The molecule has 10 heteroatoms. The number of benzene rings is 2. The normalized spacial score (nSPS) is 13.7. The van der Waals surface area contributed by atoms with Crippen molar-refractivity contribution in [1.29, 1.82) is 0 Å². The van der Waals surface area contributed by atoms with E-state index in [1.165, 1.54) is 24.4 Å². The molecule has 4 rings (SSSR count). The molecule has 35 heavy (non-hydrogen) atoms. The molecule has 1 aliphatic rings. The number of rotatable bonds is 10. The minimum atomic E-state index is -0.568. The Hall–Kier alpha value is -4.02. The molecule has 10 nitrogen and oxygen atoms in total. The third-order valence-corrected chi connectivity index (χ3v) is 5.41. The van der Waals surface area contributed by atoms with Gasteiger partial charge in [0.15, 0.2) is 5.75 Å². The fourth-order valence-corrected chi connectivity index (χ4v) is 3.51. The number of pyridine rings is 1. The first-order chi connectivity index (χ1) is 17.1. The van der Waals surface area contributed by atoms with Gasteiger partial charge in [0, 0.05) is 37.3 Å². The Morgan fingerprint density at radius 3 is 2.60 bits per heavy atom. The molecule has 0 spiro atoms. The minimum absolute atomic E-state index is 0.0932. The molecule has 1 aromatic heterocycles. The van der Waals surface area contributed by atoms with Crippen LogP contribution in [0.15, 0.2) is 66.9 Å². The Morgan fingerprint density at radius 2 is 1.89 bits per heavy atom. The van der Waals surface area contributed by atoms with Crippen molar-refractivity contribution in [2.45, 2.75) is 6.61 Å². The smallest absolute Gasteiger partial charge is 0.311 e. The number of nitrogens with one attached hydrogen (secondary N) is 1. The highest BCUT2D eigenvalue weighted by atomic mass is 16.6. The van der Waals surface area contributed by atoms with E-state index in [2.05, 4.69) is 15.2 Å². The van der Waals surface area contributed by atoms with Gasteiger partial charge in [-0.05, 0) is 23.8 Å². The molecule has 1 N–H and O–H groups in total. The third kappa shape index (κ3) is 6.98. The summed E-state index contributed by atoms with van der Waals surface area (Å²) in [4.78, 5) is 30.1. The molecule has 182 valence electrons. The summed E-state index contributed by atoms with van der Waals surface area (Å²) in [6.45, 7) is 4.72. The molecule has 0 radical (unpaired) electrons. The second kappa shape index (κ2) is 11.9. The Morgan fingerprint density at radius 1 is 1.09 bits per heavy atom. The lowest BCUT2D eigenvalue weighted by Crippen LogP contribution is -2.38. The molecule has 3 aromatic rings. The standard InChI is InChI=1S/C25H26N4O6/c30-25(27-21-7-9-24(26-17-21)34-15-12-28-10-13-33-14-11-28)20-6-8-23(22(16-20)29(31)32)35-18-19-4-2-1-3-5-19/h1-9,16-17H,10-15,18H2,(H,27,30). The number of aromatic nitrogens is 1. The van der Waals surface area contributed by atoms with E-state index in [1.807, 2.05) is 30.3 Å². The van der Waals surface area contributed by atoms with Gasteiger partial charge in [0.2, 0.25) is 5.88 Å². The van der Waals surface area contributed by atoms with Crippen LogP contribution in [0.3, 0.4) is 0 Å². The van der Waals surface area contributed by atoms with Crippen LogP contribution in [0, 0.1) is 10.1 Å². The van der Waals surface area contributed by atoms with Crippen LogP contribution in [-0.4, -0.2) is 60.2 Å². The van der Waals surface area contributed by atoms with Crippen LogP contribution < -0.4 is 14.8 Å². The highest BCUT2D eigenvalue weighted by Gasteiger charge is 2.19. The number of ether oxygens (including phenoxy) is 3. The van der Waals surface area contributed by atoms with Gasteiger partial charge in [-0.25, -0.2) is 4.98 Å². The van der Waals surface area contributed by atoms with Gasteiger partial charge in [0.1, 0.15) is 13.2 Å². The van der Waals surface area contributed by atoms with Crippen LogP contribution in [0.4, 0.5) is 11.4 Å². The molecule has 1 fully saturated rings. The number of anilines is 1. The number of hydrogen-bond donors (Lipinski definition) is 1. The first-order valence-electron chi connectivity index (χ1n) is 11.2. The van der Waals surface area contributed by atoms with E-state index in [4.69, 9.17) is 14.2 Å². The van der Waals surface area contributed by atoms with Gasteiger partial charge >= 0.3 is 5.69 Å². The average Bonchev–Trinajstić information content (AvgIpc) is 2.89. The summed E-state index contributed by atoms with van der Waals surface area (Å²) in [6.07, 6.45) is 1.48. The predicted molar refractivity (Wildman–Crippen MR) is 129 cm³/mol. The average molecular weight is 479 g/mol. The van der Waals surface area contributed by atoms with Crippen LogP contribution >= 0.6 is 0 Å². The van der Waals surface area contributed by atoms with Gasteiger partial charge in [-0.1, -0.05) is 30.3 Å². The first-order valence-corrected chi connectivity index (χ1v) is 11.2. The molecule has 1 saturated heterocycles. The zero-order chi connectivity index (χ0) is 24.5. The van der Waals surface area contributed by atoms with E-state index in [-0.39, 0.29) is 23.6 Å². The Balaban J connectivity index is 1.32. The molecule has 0 aliphatic carbocycles. The zero-order valence-electron chi connectivity index (χ0n) is 19.1. The van der Waals surface area contributed by atoms with Crippen LogP contribution in [0.25, 0.3) is 0 Å². The van der Waals surface area contributed by atoms with Crippen molar-refractivity contribution in [1.82, 2.24) is 9.88 Å². The Labute approximate surface area is 202 Å². The summed E-state index contributed by atoms with van der Waals surface area (Å²) in [5.74, 6) is 0.0490. The van der Waals surface area contributed by atoms with Crippen molar-refractivity contribution in [2.75, 3.05) is 44.8 Å². The maximum atomic E-state index is 12.7. The van der Waals surface area contributed by atoms with E-state index < -0.39 is 10.8 Å². The van der Waals surface area contributed by atoms with Gasteiger partial charge < -0.3 is 19.5 Å². The fraction of sp³-hybridized carbons (Fsp3) is 0.280. The summed E-state index contributed by atoms with van der Waals surface area (Å²) in [5.41, 5.74) is 1.18. The molecule has 2 aromatic carbocycles. The van der Waals surface area contributed by atoms with E-state index in [9.17, 15) is 14.9 Å². The van der Waals surface area contributed by atoms with Crippen LogP contribution in [0.1, 0.15) is 15.9 Å². The highest BCUT2D eigenvalue weighted by molar-refractivity contribution is 6.04. The third-order valence-electron chi connectivity index (χ3n) is 5.41. The lowest BCUT2D eigenvalue weighted by Gasteiger charge is -2.26. The molecule has 2 heterocycles. The molecule has 0 saturated carbocycles. The molecular weight excluding hydrogens is 452 g/mol. The molecule has 1 aliphatic heterocycles. The summed E-state index contributed by atoms with van der Waals surface area (Å²) in [6, 6.07) is 16.8. The Kier molecular flexibility index (Phi) is 8.21. The number of carbonyl (C=O) groups is 1. The van der Waals surface area contributed by atoms with Crippen LogP contribution in [-0.2, 0) is 11.3 Å². The number of nitro groups is 1. The second-order valence-electron chi connectivity index (χ2n) is 7.86. The quantitative estimate of drug-likeness (QED) is 0.348. The molecule has 0 unspecified atom stereocenters. The summed E-state index contributed by atoms with van der Waals surface area (Å²) >= 11 is 0. The Bertz CT molecular complexity index is 1130. The van der Waals surface area contributed by atoms with Crippen LogP contribution in [0.5, 0.6) is 11.6 Å². The van der Waals surface area contributed by atoms with E-state index in [0.717, 1.165) is 38.4 Å². The lowest BCUT2D eigenvalue weighted by atomic mass is 10.1. The first kappa shape index (κ1) is 24.1.